The number of phenols is 1. The second kappa shape index (κ2) is 12.6. The van der Waals surface area contributed by atoms with Crippen LogP contribution in [0.2, 0.25) is 5.02 Å². The first-order chi connectivity index (χ1) is 17.4. The molecule has 0 amide bonds. The average molecular weight is 519 g/mol. The fourth-order valence-electron chi connectivity index (χ4n) is 3.71. The first kappa shape index (κ1) is 25.8. The van der Waals surface area contributed by atoms with Crippen LogP contribution < -0.4 is 0 Å². The third-order valence-corrected chi connectivity index (χ3v) is 6.98. The number of phenolic OH excluding ortho intramolecular Hbond substituents is 1. The molecular formula is C30H28ClFN2OS. The Kier molecular flexibility index (Phi) is 9.04. The number of nitrogens with zero attached hydrogens (tertiary/aromatic N) is 2. The summed E-state index contributed by atoms with van der Waals surface area (Å²) in [5.74, 6) is -0.0141. The first-order valence-corrected chi connectivity index (χ1v) is 12.9. The van der Waals surface area contributed by atoms with Crippen molar-refractivity contribution in [3.63, 3.8) is 0 Å². The van der Waals surface area contributed by atoms with E-state index in [1.807, 2.05) is 42.5 Å². The molecule has 0 unspecified atom stereocenters. The van der Waals surface area contributed by atoms with Gasteiger partial charge in [0, 0.05) is 23.0 Å². The van der Waals surface area contributed by atoms with Crippen LogP contribution in [0.1, 0.15) is 22.3 Å². The van der Waals surface area contributed by atoms with Gasteiger partial charge in [0.15, 0.2) is 5.17 Å². The molecule has 4 aromatic carbocycles. The fourth-order valence-corrected chi connectivity index (χ4v) is 4.85. The van der Waals surface area contributed by atoms with E-state index in [0.717, 1.165) is 39.2 Å². The van der Waals surface area contributed by atoms with Crippen LogP contribution in [0.25, 0.3) is 0 Å². The number of aryl methyl sites for hydroxylation is 1. The van der Waals surface area contributed by atoms with Gasteiger partial charge in [-0.2, -0.15) is 0 Å². The first-order valence-electron chi connectivity index (χ1n) is 11.8. The summed E-state index contributed by atoms with van der Waals surface area (Å²) in [6, 6.07) is 30.0. The zero-order valence-electron chi connectivity index (χ0n) is 20.1. The minimum absolute atomic E-state index is 0.241. The van der Waals surface area contributed by atoms with Crippen molar-refractivity contribution in [1.82, 2.24) is 4.90 Å². The van der Waals surface area contributed by atoms with Gasteiger partial charge in [-0.1, -0.05) is 77.5 Å². The quantitative estimate of drug-likeness (QED) is 0.146. The average Bonchev–Trinajstić information content (AvgIpc) is 2.87. The van der Waals surface area contributed by atoms with E-state index in [9.17, 15) is 9.50 Å². The van der Waals surface area contributed by atoms with Crippen LogP contribution in [0, 0.1) is 12.7 Å². The lowest BCUT2D eigenvalue weighted by atomic mass is 10.1. The molecule has 0 spiro atoms. The number of halogens is 2. The minimum atomic E-state index is -0.256. The Hall–Kier alpha value is -3.28. The summed E-state index contributed by atoms with van der Waals surface area (Å²) in [6.07, 6.45) is 0.819. The van der Waals surface area contributed by atoms with Gasteiger partial charge in [0.1, 0.15) is 11.6 Å². The molecule has 0 aliphatic rings. The highest BCUT2D eigenvalue weighted by atomic mass is 35.5. The van der Waals surface area contributed by atoms with E-state index in [0.29, 0.717) is 13.1 Å². The second-order valence-electron chi connectivity index (χ2n) is 8.61. The standard InChI is InChI=1S/C30H28ClFN2OS/c1-22-3-2-4-29(19-22)36-30(33-20-24-7-13-27(32)14-8-24)34(21-25-9-15-28(35)16-10-25)18-17-23-5-11-26(31)12-6-23/h2-16,19,35H,17-18,20-21H2,1H3. The third kappa shape index (κ3) is 7.87. The Morgan fingerprint density at radius 1 is 0.889 bits per heavy atom. The van der Waals surface area contributed by atoms with Gasteiger partial charge in [-0.3, -0.25) is 4.99 Å². The Balaban J connectivity index is 1.64. The van der Waals surface area contributed by atoms with Gasteiger partial charge in [-0.25, -0.2) is 4.39 Å². The fraction of sp³-hybridized carbons (Fsp3) is 0.167. The number of hydrogen-bond acceptors (Lipinski definition) is 3. The van der Waals surface area contributed by atoms with Gasteiger partial charge in [-0.05, 0) is 78.6 Å². The van der Waals surface area contributed by atoms with E-state index in [4.69, 9.17) is 16.6 Å². The Labute approximate surface area is 221 Å². The molecule has 36 heavy (non-hydrogen) atoms. The van der Waals surface area contributed by atoms with E-state index < -0.39 is 0 Å². The summed E-state index contributed by atoms with van der Waals surface area (Å²) < 4.78 is 13.4. The molecule has 0 atom stereocenters. The normalized spacial score (nSPS) is 11.5. The molecule has 0 aromatic heterocycles. The van der Waals surface area contributed by atoms with Gasteiger partial charge in [0.25, 0.3) is 0 Å². The Morgan fingerprint density at radius 2 is 1.56 bits per heavy atom. The summed E-state index contributed by atoms with van der Waals surface area (Å²) >= 11 is 7.71. The molecule has 0 bridgehead atoms. The molecule has 6 heteroatoms. The van der Waals surface area contributed by atoms with Crippen molar-refractivity contribution in [1.29, 1.82) is 0 Å². The van der Waals surface area contributed by atoms with Crippen molar-refractivity contribution < 1.29 is 9.50 Å². The summed E-state index contributed by atoms with van der Waals surface area (Å²) in [5.41, 5.74) is 4.39. The molecule has 0 saturated heterocycles. The maximum atomic E-state index is 13.4. The lowest BCUT2D eigenvalue weighted by molar-refractivity contribution is 0.422. The molecule has 184 valence electrons. The zero-order valence-corrected chi connectivity index (χ0v) is 21.6. The van der Waals surface area contributed by atoms with E-state index in [1.165, 1.54) is 23.3 Å². The highest BCUT2D eigenvalue weighted by Crippen LogP contribution is 2.25. The number of amidine groups is 1. The Morgan fingerprint density at radius 3 is 2.25 bits per heavy atom. The van der Waals surface area contributed by atoms with Gasteiger partial charge < -0.3 is 10.0 Å². The highest BCUT2D eigenvalue weighted by molar-refractivity contribution is 8.13. The molecular weight excluding hydrogens is 491 g/mol. The van der Waals surface area contributed by atoms with Gasteiger partial charge in [0.2, 0.25) is 0 Å². The van der Waals surface area contributed by atoms with Crippen LogP contribution in [-0.4, -0.2) is 21.7 Å². The molecule has 0 radical (unpaired) electrons. The number of aliphatic imine (C=N–C) groups is 1. The van der Waals surface area contributed by atoms with Crippen LogP contribution in [0.15, 0.2) is 107 Å². The maximum Gasteiger partial charge on any atom is 0.164 e. The number of rotatable bonds is 8. The monoisotopic (exact) mass is 518 g/mol. The highest BCUT2D eigenvalue weighted by Gasteiger charge is 2.15. The molecule has 3 nitrogen and oxygen atoms in total. The molecule has 0 aliphatic heterocycles. The molecule has 0 fully saturated rings. The van der Waals surface area contributed by atoms with E-state index >= 15 is 0 Å². The number of benzene rings is 4. The number of thioether (sulfide) groups is 1. The van der Waals surface area contributed by atoms with Gasteiger partial charge in [-0.15, -0.1) is 0 Å². The van der Waals surface area contributed by atoms with Crippen molar-refractivity contribution in [3.8, 4) is 5.75 Å². The van der Waals surface area contributed by atoms with Gasteiger partial charge >= 0.3 is 0 Å². The zero-order chi connectivity index (χ0) is 25.3. The van der Waals surface area contributed by atoms with E-state index in [2.05, 4.69) is 30.0 Å². The topological polar surface area (TPSA) is 35.8 Å². The van der Waals surface area contributed by atoms with Crippen LogP contribution in [-0.2, 0) is 19.5 Å². The van der Waals surface area contributed by atoms with Crippen molar-refractivity contribution >= 4 is 28.5 Å². The second-order valence-corrected chi connectivity index (χ2v) is 10.1. The summed E-state index contributed by atoms with van der Waals surface area (Å²) in [5, 5.41) is 11.3. The Bertz CT molecular complexity index is 1290. The maximum absolute atomic E-state index is 13.4. The van der Waals surface area contributed by atoms with Crippen LogP contribution in [0.5, 0.6) is 5.75 Å². The summed E-state index contributed by atoms with van der Waals surface area (Å²) in [4.78, 5) is 8.37. The van der Waals surface area contributed by atoms with Crippen molar-refractivity contribution in [2.24, 2.45) is 4.99 Å². The third-order valence-electron chi connectivity index (χ3n) is 5.67. The van der Waals surface area contributed by atoms with Crippen LogP contribution in [0.4, 0.5) is 4.39 Å². The number of aromatic hydroxyl groups is 1. The molecule has 4 rings (SSSR count). The van der Waals surface area contributed by atoms with Crippen molar-refractivity contribution in [2.75, 3.05) is 6.54 Å². The largest absolute Gasteiger partial charge is 0.508 e. The predicted molar refractivity (Wildman–Crippen MR) is 148 cm³/mol. The van der Waals surface area contributed by atoms with E-state index in [-0.39, 0.29) is 11.6 Å². The lowest BCUT2D eigenvalue weighted by Crippen LogP contribution is -2.31. The molecule has 0 saturated carbocycles. The molecule has 1 N–H and O–H groups in total. The lowest BCUT2D eigenvalue weighted by Gasteiger charge is -2.26. The molecule has 0 aliphatic carbocycles. The van der Waals surface area contributed by atoms with Crippen molar-refractivity contribution in [3.05, 3.63) is 130 Å². The molecule has 4 aromatic rings. The SMILES string of the molecule is Cc1cccc(SC(=NCc2ccc(F)cc2)N(CCc2ccc(Cl)cc2)Cc2ccc(O)cc2)c1. The molecule has 0 heterocycles. The van der Waals surface area contributed by atoms with E-state index in [1.54, 1.807) is 36.0 Å². The predicted octanol–water partition coefficient (Wildman–Crippen LogP) is 7.89. The smallest absolute Gasteiger partial charge is 0.164 e. The van der Waals surface area contributed by atoms with Gasteiger partial charge in [0.05, 0.1) is 6.54 Å². The van der Waals surface area contributed by atoms with Crippen LogP contribution in [0.3, 0.4) is 0 Å². The summed E-state index contributed by atoms with van der Waals surface area (Å²) in [6.45, 7) is 3.90. The number of hydrogen-bond donors (Lipinski definition) is 1. The van der Waals surface area contributed by atoms with Crippen LogP contribution >= 0.6 is 23.4 Å². The van der Waals surface area contributed by atoms with Crippen molar-refractivity contribution in [2.45, 2.75) is 31.3 Å². The summed E-state index contributed by atoms with van der Waals surface area (Å²) in [7, 11) is 0. The minimum Gasteiger partial charge on any atom is -0.508 e.